The molecule has 0 aromatic carbocycles. The van der Waals surface area contributed by atoms with E-state index in [1.165, 1.54) is 0 Å². The average molecular weight is 332 g/mol. The number of nitrogens with zero attached hydrogens (tertiary/aromatic N) is 5. The van der Waals surface area contributed by atoms with Gasteiger partial charge in [-0.15, -0.1) is 0 Å². The molecule has 0 saturated carbocycles. The zero-order valence-electron chi connectivity index (χ0n) is 15.3. The molecule has 1 N–H and O–H groups in total. The summed E-state index contributed by atoms with van der Waals surface area (Å²) in [6.07, 6.45) is 1.99. The summed E-state index contributed by atoms with van der Waals surface area (Å²) in [6, 6.07) is 2.48. The van der Waals surface area contributed by atoms with Crippen molar-refractivity contribution in [1.82, 2.24) is 29.9 Å². The maximum absolute atomic E-state index is 5.90. The number of H-pyrrole nitrogens is 1. The number of rotatable bonds is 4. The van der Waals surface area contributed by atoms with E-state index in [2.05, 4.69) is 65.9 Å². The van der Waals surface area contributed by atoms with Crippen LogP contribution in [0.1, 0.15) is 64.1 Å². The molecule has 1 saturated heterocycles. The molecule has 0 aliphatic carbocycles. The fraction of sp³-hybridized carbons (Fsp3) is 0.706. The van der Waals surface area contributed by atoms with Crippen molar-refractivity contribution >= 4 is 0 Å². The molecule has 24 heavy (non-hydrogen) atoms. The predicted molar refractivity (Wildman–Crippen MR) is 91.7 cm³/mol. The summed E-state index contributed by atoms with van der Waals surface area (Å²) in [6.45, 7) is 13.8. The minimum Gasteiger partial charge on any atom is -0.368 e. The van der Waals surface area contributed by atoms with E-state index in [4.69, 9.17) is 4.74 Å². The third-order valence-electron chi connectivity index (χ3n) is 4.21. The lowest BCUT2D eigenvalue weighted by Crippen LogP contribution is -2.38. The Bertz CT molecular complexity index is 669. The van der Waals surface area contributed by atoms with Gasteiger partial charge in [0.25, 0.3) is 0 Å². The highest BCUT2D eigenvalue weighted by atomic mass is 16.5. The fourth-order valence-corrected chi connectivity index (χ4v) is 2.74. The van der Waals surface area contributed by atoms with Crippen molar-refractivity contribution in [1.29, 1.82) is 0 Å². The Morgan fingerprint density at radius 3 is 2.79 bits per heavy atom. The summed E-state index contributed by atoms with van der Waals surface area (Å²) in [5.74, 6) is 1.64. The average Bonchev–Trinajstić information content (AvgIpc) is 3.16. The van der Waals surface area contributed by atoms with Crippen LogP contribution in [0.25, 0.3) is 0 Å². The van der Waals surface area contributed by atoms with Gasteiger partial charge in [0.1, 0.15) is 6.10 Å². The maximum Gasteiger partial charge on any atom is 0.156 e. The van der Waals surface area contributed by atoms with Crippen molar-refractivity contribution in [3.05, 3.63) is 29.6 Å². The number of aromatic nitrogens is 5. The van der Waals surface area contributed by atoms with Gasteiger partial charge in [0.2, 0.25) is 0 Å². The largest absolute Gasteiger partial charge is 0.368 e. The van der Waals surface area contributed by atoms with Crippen molar-refractivity contribution < 1.29 is 4.74 Å². The molecular formula is C17H28N6O. The molecular weight excluding hydrogens is 304 g/mol. The Balaban J connectivity index is 1.64. The van der Waals surface area contributed by atoms with E-state index in [9.17, 15) is 0 Å². The van der Waals surface area contributed by atoms with Gasteiger partial charge in [-0.25, -0.2) is 4.98 Å². The van der Waals surface area contributed by atoms with E-state index in [0.29, 0.717) is 12.6 Å². The van der Waals surface area contributed by atoms with Crippen LogP contribution in [-0.2, 0) is 16.7 Å². The molecule has 2 aromatic heterocycles. The molecule has 0 spiro atoms. The van der Waals surface area contributed by atoms with E-state index in [-0.39, 0.29) is 11.5 Å². The van der Waals surface area contributed by atoms with E-state index in [1.54, 1.807) is 0 Å². The predicted octanol–water partition coefficient (Wildman–Crippen LogP) is 2.45. The van der Waals surface area contributed by atoms with Crippen molar-refractivity contribution in [2.45, 2.75) is 58.7 Å². The van der Waals surface area contributed by atoms with E-state index in [1.807, 2.05) is 10.9 Å². The first-order chi connectivity index (χ1) is 11.3. The number of hydrogen-bond donors (Lipinski definition) is 1. The number of nitrogens with one attached hydrogen (secondary N) is 1. The topological polar surface area (TPSA) is 71.9 Å². The first-order valence-electron chi connectivity index (χ1n) is 8.63. The lowest BCUT2D eigenvalue weighted by Gasteiger charge is -2.31. The van der Waals surface area contributed by atoms with Crippen molar-refractivity contribution in [2.75, 3.05) is 19.7 Å². The molecule has 0 radical (unpaired) electrons. The van der Waals surface area contributed by atoms with Crippen LogP contribution in [0.3, 0.4) is 0 Å². The summed E-state index contributed by atoms with van der Waals surface area (Å²) < 4.78 is 7.90. The molecule has 7 heteroatoms. The summed E-state index contributed by atoms with van der Waals surface area (Å²) in [5, 5.41) is 12.0. The third kappa shape index (κ3) is 3.84. The van der Waals surface area contributed by atoms with Crippen LogP contribution in [0.5, 0.6) is 0 Å². The van der Waals surface area contributed by atoms with Gasteiger partial charge in [-0.1, -0.05) is 20.8 Å². The van der Waals surface area contributed by atoms with Gasteiger partial charge in [0.05, 0.1) is 12.3 Å². The first-order valence-corrected chi connectivity index (χ1v) is 8.63. The Kier molecular flexibility index (Phi) is 4.73. The van der Waals surface area contributed by atoms with Crippen LogP contribution in [0.2, 0.25) is 0 Å². The van der Waals surface area contributed by atoms with Crippen molar-refractivity contribution in [3.8, 4) is 0 Å². The Morgan fingerprint density at radius 2 is 2.17 bits per heavy atom. The number of aromatic amines is 1. The van der Waals surface area contributed by atoms with Crippen molar-refractivity contribution in [2.24, 2.45) is 0 Å². The second kappa shape index (κ2) is 6.64. The van der Waals surface area contributed by atoms with Crippen LogP contribution < -0.4 is 0 Å². The van der Waals surface area contributed by atoms with Gasteiger partial charge in [-0.05, 0) is 19.9 Å². The first kappa shape index (κ1) is 17.1. The molecule has 2 aromatic rings. The van der Waals surface area contributed by atoms with Gasteiger partial charge in [0.15, 0.2) is 11.6 Å². The minimum atomic E-state index is -0.0627. The summed E-state index contributed by atoms with van der Waals surface area (Å²) in [4.78, 5) is 7.00. The number of ether oxygens (including phenoxy) is 1. The van der Waals surface area contributed by atoms with Gasteiger partial charge < -0.3 is 4.74 Å². The van der Waals surface area contributed by atoms with Crippen LogP contribution in [-0.4, -0.2) is 49.6 Å². The van der Waals surface area contributed by atoms with Gasteiger partial charge in [0, 0.05) is 37.3 Å². The summed E-state index contributed by atoms with van der Waals surface area (Å²) >= 11 is 0. The summed E-state index contributed by atoms with van der Waals surface area (Å²) in [7, 11) is 0. The fourth-order valence-electron chi connectivity index (χ4n) is 2.74. The molecule has 1 atom stereocenters. The Hall–Kier alpha value is -1.73. The lowest BCUT2D eigenvalue weighted by atomic mass is 9.96. The normalized spacial score (nSPS) is 20.0. The van der Waals surface area contributed by atoms with E-state index < -0.39 is 0 Å². The van der Waals surface area contributed by atoms with E-state index in [0.717, 1.165) is 37.0 Å². The lowest BCUT2D eigenvalue weighted by molar-refractivity contribution is -0.0375. The van der Waals surface area contributed by atoms with Crippen LogP contribution >= 0.6 is 0 Å². The monoisotopic (exact) mass is 332 g/mol. The number of hydrogen-bond acceptors (Lipinski definition) is 5. The zero-order valence-corrected chi connectivity index (χ0v) is 15.3. The molecule has 132 valence electrons. The second-order valence-electron chi connectivity index (χ2n) is 7.77. The smallest absolute Gasteiger partial charge is 0.156 e. The van der Waals surface area contributed by atoms with Gasteiger partial charge >= 0.3 is 0 Å². The Labute approximate surface area is 143 Å². The molecule has 3 heterocycles. The van der Waals surface area contributed by atoms with Gasteiger partial charge in [-0.3, -0.25) is 14.7 Å². The molecule has 1 fully saturated rings. The Morgan fingerprint density at radius 1 is 1.38 bits per heavy atom. The summed E-state index contributed by atoms with van der Waals surface area (Å²) in [5.41, 5.74) is 1.03. The second-order valence-corrected chi connectivity index (χ2v) is 7.77. The van der Waals surface area contributed by atoms with E-state index >= 15 is 0 Å². The minimum absolute atomic E-state index is 0.0606. The molecule has 7 nitrogen and oxygen atoms in total. The quantitative estimate of drug-likeness (QED) is 0.931. The molecule has 3 rings (SSSR count). The third-order valence-corrected chi connectivity index (χ3v) is 4.21. The maximum atomic E-state index is 5.90. The van der Waals surface area contributed by atoms with Crippen LogP contribution in [0.4, 0.5) is 0 Å². The number of morpholine rings is 1. The molecule has 1 aliphatic heterocycles. The zero-order chi connectivity index (χ0) is 17.3. The van der Waals surface area contributed by atoms with Gasteiger partial charge in [-0.2, -0.15) is 10.2 Å². The molecule has 0 bridgehead atoms. The molecule has 0 amide bonds. The molecule has 1 aliphatic rings. The molecule has 0 unspecified atom stereocenters. The van der Waals surface area contributed by atoms with Crippen LogP contribution in [0, 0.1) is 0 Å². The highest BCUT2D eigenvalue weighted by Gasteiger charge is 2.27. The SMILES string of the molecule is CC(C)n1ccc(CN2CCO[C@H](c3nc(C(C)(C)C)n[nH]3)C2)n1. The van der Waals surface area contributed by atoms with Crippen LogP contribution in [0.15, 0.2) is 12.3 Å². The highest BCUT2D eigenvalue weighted by molar-refractivity contribution is 5.05. The van der Waals surface area contributed by atoms with Crippen molar-refractivity contribution in [3.63, 3.8) is 0 Å². The highest BCUT2D eigenvalue weighted by Crippen LogP contribution is 2.23. The standard InChI is InChI=1S/C17H28N6O/c1-12(2)23-7-6-13(21-23)10-22-8-9-24-14(11-22)15-18-16(20-19-15)17(3,4)5/h6-7,12,14H,8-11H2,1-5H3,(H,18,19,20)/t14-/m0/s1.